The maximum absolute atomic E-state index is 12.6. The molecule has 0 atom stereocenters. The molecule has 2 aromatic carbocycles. The SMILES string of the molecule is Cc1c(C(=O)OCC(=O)Nc2ccc(S(=O)(=O)N3CCOCC3)cc2)cccc1[N+](=O)[O-]. The van der Waals surface area contributed by atoms with Gasteiger partial charge in [-0.25, -0.2) is 13.2 Å². The number of nitro benzene ring substituents is 1. The lowest BCUT2D eigenvalue weighted by molar-refractivity contribution is -0.385. The van der Waals surface area contributed by atoms with E-state index in [9.17, 15) is 28.1 Å². The van der Waals surface area contributed by atoms with Gasteiger partial charge in [-0.2, -0.15) is 4.31 Å². The van der Waals surface area contributed by atoms with Crippen molar-refractivity contribution < 1.29 is 32.4 Å². The summed E-state index contributed by atoms with van der Waals surface area (Å²) in [5, 5.41) is 13.5. The largest absolute Gasteiger partial charge is 0.452 e. The summed E-state index contributed by atoms with van der Waals surface area (Å²) in [6, 6.07) is 9.60. The van der Waals surface area contributed by atoms with E-state index in [0.717, 1.165) is 0 Å². The molecule has 11 nitrogen and oxygen atoms in total. The molecule has 1 amide bonds. The van der Waals surface area contributed by atoms with E-state index in [1.54, 1.807) is 0 Å². The van der Waals surface area contributed by atoms with Crippen LogP contribution in [0.2, 0.25) is 0 Å². The van der Waals surface area contributed by atoms with Crippen molar-refractivity contribution in [3.8, 4) is 0 Å². The molecule has 0 aliphatic carbocycles. The zero-order valence-corrected chi connectivity index (χ0v) is 18.0. The van der Waals surface area contributed by atoms with Gasteiger partial charge in [-0.1, -0.05) is 6.07 Å². The molecule has 1 fully saturated rings. The molecule has 0 unspecified atom stereocenters. The number of sulfonamides is 1. The molecule has 12 heteroatoms. The number of carbonyl (C=O) groups is 2. The maximum atomic E-state index is 12.6. The highest BCUT2D eigenvalue weighted by Crippen LogP contribution is 2.22. The summed E-state index contributed by atoms with van der Waals surface area (Å²) in [5.41, 5.74) is 0.221. The fourth-order valence-corrected chi connectivity index (χ4v) is 4.50. The van der Waals surface area contributed by atoms with Crippen molar-refractivity contribution in [1.29, 1.82) is 0 Å². The second-order valence-corrected chi connectivity index (χ2v) is 8.81. The van der Waals surface area contributed by atoms with Crippen molar-refractivity contribution in [2.75, 3.05) is 38.2 Å². The fourth-order valence-electron chi connectivity index (χ4n) is 3.09. The summed E-state index contributed by atoms with van der Waals surface area (Å²) >= 11 is 0. The van der Waals surface area contributed by atoms with Gasteiger partial charge in [-0.15, -0.1) is 0 Å². The van der Waals surface area contributed by atoms with Gasteiger partial charge < -0.3 is 14.8 Å². The summed E-state index contributed by atoms with van der Waals surface area (Å²) in [6.45, 7) is 2.02. The molecule has 0 radical (unpaired) electrons. The number of morpholine rings is 1. The normalized spacial score (nSPS) is 14.5. The molecule has 1 heterocycles. The van der Waals surface area contributed by atoms with Crippen LogP contribution in [0.1, 0.15) is 15.9 Å². The number of hydrogen-bond acceptors (Lipinski definition) is 8. The van der Waals surface area contributed by atoms with Crippen LogP contribution >= 0.6 is 0 Å². The van der Waals surface area contributed by atoms with Crippen molar-refractivity contribution in [3.63, 3.8) is 0 Å². The van der Waals surface area contributed by atoms with Crippen molar-refractivity contribution >= 4 is 33.3 Å². The average Bonchev–Trinajstić information content (AvgIpc) is 2.78. The van der Waals surface area contributed by atoms with Crippen LogP contribution in [-0.4, -0.2) is 62.4 Å². The lowest BCUT2D eigenvalue weighted by Crippen LogP contribution is -2.40. The fraction of sp³-hybridized carbons (Fsp3) is 0.300. The number of carbonyl (C=O) groups excluding carboxylic acids is 2. The highest BCUT2D eigenvalue weighted by Gasteiger charge is 2.26. The Hall–Kier alpha value is -3.35. The van der Waals surface area contributed by atoms with Crippen LogP contribution in [0.25, 0.3) is 0 Å². The van der Waals surface area contributed by atoms with Crippen LogP contribution in [0.15, 0.2) is 47.4 Å². The summed E-state index contributed by atoms with van der Waals surface area (Å²) in [6.07, 6.45) is 0. The lowest BCUT2D eigenvalue weighted by atomic mass is 10.1. The smallest absolute Gasteiger partial charge is 0.339 e. The molecule has 1 saturated heterocycles. The van der Waals surface area contributed by atoms with Gasteiger partial charge in [0.1, 0.15) is 0 Å². The predicted octanol–water partition coefficient (Wildman–Crippen LogP) is 1.72. The van der Waals surface area contributed by atoms with Gasteiger partial charge in [0.05, 0.1) is 28.6 Å². The van der Waals surface area contributed by atoms with Crippen molar-refractivity contribution in [2.24, 2.45) is 0 Å². The highest BCUT2D eigenvalue weighted by molar-refractivity contribution is 7.89. The Morgan fingerprint density at radius 2 is 1.81 bits per heavy atom. The zero-order chi connectivity index (χ0) is 23.3. The number of benzene rings is 2. The van der Waals surface area contributed by atoms with E-state index < -0.39 is 33.4 Å². The van der Waals surface area contributed by atoms with E-state index in [1.165, 1.54) is 53.7 Å². The van der Waals surface area contributed by atoms with Gasteiger partial charge >= 0.3 is 5.97 Å². The molecule has 2 aromatic rings. The minimum atomic E-state index is -3.65. The Kier molecular flexibility index (Phi) is 7.18. The Balaban J connectivity index is 1.58. The second kappa shape index (κ2) is 9.85. The summed E-state index contributed by atoms with van der Waals surface area (Å²) in [7, 11) is -3.65. The van der Waals surface area contributed by atoms with Crippen LogP contribution in [0.5, 0.6) is 0 Å². The number of nitrogens with one attached hydrogen (secondary N) is 1. The van der Waals surface area contributed by atoms with E-state index in [2.05, 4.69) is 5.32 Å². The van der Waals surface area contributed by atoms with Gasteiger partial charge in [0, 0.05) is 30.4 Å². The zero-order valence-electron chi connectivity index (χ0n) is 17.1. The van der Waals surface area contributed by atoms with Crippen LogP contribution in [-0.2, 0) is 24.3 Å². The number of esters is 1. The predicted molar refractivity (Wildman–Crippen MR) is 113 cm³/mol. The van der Waals surface area contributed by atoms with E-state index in [4.69, 9.17) is 9.47 Å². The van der Waals surface area contributed by atoms with Crippen molar-refractivity contribution in [1.82, 2.24) is 4.31 Å². The minimum Gasteiger partial charge on any atom is -0.452 e. The van der Waals surface area contributed by atoms with Crippen molar-refractivity contribution in [2.45, 2.75) is 11.8 Å². The van der Waals surface area contributed by atoms with Crippen molar-refractivity contribution in [3.05, 3.63) is 63.7 Å². The molecular weight excluding hydrogens is 442 g/mol. The van der Waals surface area contributed by atoms with Crippen LogP contribution in [0, 0.1) is 17.0 Å². The Morgan fingerprint density at radius 1 is 1.16 bits per heavy atom. The first kappa shape index (κ1) is 23.3. The average molecular weight is 463 g/mol. The third kappa shape index (κ3) is 5.28. The van der Waals surface area contributed by atoms with Gasteiger partial charge in [-0.3, -0.25) is 14.9 Å². The summed E-state index contributed by atoms with van der Waals surface area (Å²) < 4.78 is 36.7. The van der Waals surface area contributed by atoms with Gasteiger partial charge in [0.25, 0.3) is 11.6 Å². The number of ether oxygens (including phenoxy) is 2. The third-order valence-electron chi connectivity index (χ3n) is 4.80. The van der Waals surface area contributed by atoms with Gasteiger partial charge in [0.15, 0.2) is 6.61 Å². The number of anilines is 1. The number of hydrogen-bond donors (Lipinski definition) is 1. The first-order valence-electron chi connectivity index (χ1n) is 9.59. The van der Waals surface area contributed by atoms with Crippen LogP contribution < -0.4 is 5.32 Å². The Labute approximate surface area is 184 Å². The molecule has 170 valence electrons. The second-order valence-electron chi connectivity index (χ2n) is 6.87. The molecule has 1 aliphatic rings. The topological polar surface area (TPSA) is 145 Å². The molecular formula is C20H21N3O8S. The molecule has 0 bridgehead atoms. The molecule has 0 spiro atoms. The van der Waals surface area contributed by atoms with E-state index in [1.807, 2.05) is 0 Å². The molecule has 1 N–H and O–H groups in total. The maximum Gasteiger partial charge on any atom is 0.339 e. The summed E-state index contributed by atoms with van der Waals surface area (Å²) in [5.74, 6) is -1.52. The van der Waals surface area contributed by atoms with Crippen LogP contribution in [0.4, 0.5) is 11.4 Å². The summed E-state index contributed by atoms with van der Waals surface area (Å²) in [4.78, 5) is 34.8. The van der Waals surface area contributed by atoms with Crippen LogP contribution in [0.3, 0.4) is 0 Å². The van der Waals surface area contributed by atoms with Gasteiger partial charge in [0.2, 0.25) is 10.0 Å². The number of rotatable bonds is 7. The number of nitrogens with zero attached hydrogens (tertiary/aromatic N) is 2. The molecule has 1 aliphatic heterocycles. The number of nitro groups is 1. The molecule has 3 rings (SSSR count). The van der Waals surface area contributed by atoms with E-state index in [0.29, 0.717) is 18.9 Å². The molecule has 0 aromatic heterocycles. The molecule has 0 saturated carbocycles. The third-order valence-corrected chi connectivity index (χ3v) is 6.71. The first-order chi connectivity index (χ1) is 15.2. The Bertz CT molecular complexity index is 1130. The quantitative estimate of drug-likeness (QED) is 0.371. The highest BCUT2D eigenvalue weighted by atomic mass is 32.2. The lowest BCUT2D eigenvalue weighted by Gasteiger charge is -2.26. The Morgan fingerprint density at radius 3 is 2.44 bits per heavy atom. The van der Waals surface area contributed by atoms with Gasteiger partial charge in [-0.05, 0) is 37.3 Å². The number of amides is 1. The van der Waals surface area contributed by atoms with E-state index in [-0.39, 0.29) is 34.8 Å². The first-order valence-corrected chi connectivity index (χ1v) is 11.0. The minimum absolute atomic E-state index is 0.00956. The monoisotopic (exact) mass is 463 g/mol. The molecule has 32 heavy (non-hydrogen) atoms. The van der Waals surface area contributed by atoms with E-state index >= 15 is 0 Å². The standard InChI is InChI=1S/C20H21N3O8S/c1-14-17(3-2-4-18(14)23(26)27)20(25)31-13-19(24)21-15-5-7-16(8-6-15)32(28,29)22-9-11-30-12-10-22/h2-8H,9-13H2,1H3,(H,21,24).